The minimum Gasteiger partial charge on any atom is -0.139 e. The van der Waals surface area contributed by atoms with E-state index in [1.165, 1.54) is 24.0 Å². The molecule has 0 bridgehead atoms. The molecule has 26 heavy (non-hydrogen) atoms. The third kappa shape index (κ3) is 4.36. The van der Waals surface area contributed by atoms with E-state index in [0.29, 0.717) is 0 Å². The van der Waals surface area contributed by atoms with Gasteiger partial charge in [0.2, 0.25) is 0 Å². The molecular formula is C24H24S2. The van der Waals surface area contributed by atoms with Crippen LogP contribution in [0, 0.1) is 0 Å². The summed E-state index contributed by atoms with van der Waals surface area (Å²) >= 11 is 4.29. The Bertz CT molecular complexity index is 784. The number of hydrogen-bond donors (Lipinski definition) is 0. The van der Waals surface area contributed by atoms with E-state index < -0.39 is 0 Å². The molecule has 1 aliphatic rings. The number of fused-ring (bicyclic) bond motifs is 1. The molecule has 3 aromatic rings. The van der Waals surface area contributed by atoms with Crippen LogP contribution in [-0.2, 0) is 24.3 Å². The van der Waals surface area contributed by atoms with Gasteiger partial charge in [-0.1, -0.05) is 84.9 Å². The molecule has 0 fully saturated rings. The molecule has 4 rings (SSSR count). The lowest BCUT2D eigenvalue weighted by Gasteiger charge is -2.37. The largest absolute Gasteiger partial charge is 0.139 e. The van der Waals surface area contributed by atoms with Crippen LogP contribution >= 0.6 is 23.5 Å². The number of hydrogen-bond acceptors (Lipinski definition) is 2. The van der Waals surface area contributed by atoms with Crippen LogP contribution in [0.2, 0.25) is 0 Å². The highest BCUT2D eigenvalue weighted by Crippen LogP contribution is 2.49. The van der Waals surface area contributed by atoms with E-state index in [0.717, 1.165) is 17.9 Å². The smallest absolute Gasteiger partial charge is 0.0661 e. The first kappa shape index (κ1) is 17.8. The van der Waals surface area contributed by atoms with Crippen LogP contribution in [0.15, 0.2) is 84.9 Å². The Morgan fingerprint density at radius 3 is 1.69 bits per heavy atom. The Labute approximate surface area is 165 Å². The van der Waals surface area contributed by atoms with Gasteiger partial charge in [-0.05, 0) is 41.5 Å². The second-order valence-corrected chi connectivity index (χ2v) is 9.88. The summed E-state index contributed by atoms with van der Waals surface area (Å²) in [4.78, 5) is 0. The Morgan fingerprint density at radius 1 is 0.615 bits per heavy atom. The summed E-state index contributed by atoms with van der Waals surface area (Å²) in [6.45, 7) is 0. The zero-order chi connectivity index (χ0) is 17.7. The molecule has 3 aromatic carbocycles. The third-order valence-electron chi connectivity index (χ3n) is 5.04. The highest BCUT2D eigenvalue weighted by atomic mass is 32.2. The Morgan fingerprint density at radius 2 is 1.12 bits per heavy atom. The van der Waals surface area contributed by atoms with Gasteiger partial charge in [0.25, 0.3) is 0 Å². The van der Waals surface area contributed by atoms with Crippen molar-refractivity contribution in [1.29, 1.82) is 0 Å². The summed E-state index contributed by atoms with van der Waals surface area (Å²) in [5.74, 6) is 2.18. The predicted molar refractivity (Wildman–Crippen MR) is 117 cm³/mol. The van der Waals surface area contributed by atoms with Crippen LogP contribution in [-0.4, -0.2) is 4.08 Å². The Balaban J connectivity index is 1.53. The van der Waals surface area contributed by atoms with Crippen molar-refractivity contribution in [2.45, 2.75) is 34.8 Å². The van der Waals surface area contributed by atoms with Crippen molar-refractivity contribution >= 4 is 23.5 Å². The predicted octanol–water partition coefficient (Wildman–Crippen LogP) is 6.74. The summed E-state index contributed by atoms with van der Waals surface area (Å²) in [5, 5.41) is 0. The fourth-order valence-electron chi connectivity index (χ4n) is 3.54. The van der Waals surface area contributed by atoms with Gasteiger partial charge in [0.15, 0.2) is 0 Å². The maximum Gasteiger partial charge on any atom is 0.0661 e. The lowest BCUT2D eigenvalue weighted by atomic mass is 9.91. The lowest BCUT2D eigenvalue weighted by Crippen LogP contribution is -2.29. The second kappa shape index (κ2) is 8.37. The van der Waals surface area contributed by atoms with Gasteiger partial charge in [0.1, 0.15) is 0 Å². The van der Waals surface area contributed by atoms with Crippen molar-refractivity contribution in [3.05, 3.63) is 107 Å². The average Bonchev–Trinajstić information content (AvgIpc) is 2.72. The average molecular weight is 377 g/mol. The van der Waals surface area contributed by atoms with Crippen LogP contribution < -0.4 is 0 Å². The molecule has 0 heterocycles. The van der Waals surface area contributed by atoms with E-state index in [4.69, 9.17) is 0 Å². The molecular weight excluding hydrogens is 352 g/mol. The highest BCUT2D eigenvalue weighted by molar-refractivity contribution is 8.17. The van der Waals surface area contributed by atoms with E-state index >= 15 is 0 Å². The second-order valence-electron chi connectivity index (χ2n) is 6.90. The number of thioether (sulfide) groups is 2. The molecule has 0 atom stereocenters. The first-order chi connectivity index (χ1) is 12.8. The van der Waals surface area contributed by atoms with E-state index in [9.17, 15) is 0 Å². The Kier molecular flexibility index (Phi) is 5.72. The normalized spacial score (nSPS) is 15.4. The van der Waals surface area contributed by atoms with E-state index in [1.807, 2.05) is 0 Å². The summed E-state index contributed by atoms with van der Waals surface area (Å²) in [6.07, 6.45) is 3.61. The molecule has 132 valence electrons. The molecule has 0 aliphatic heterocycles. The fraction of sp³-hybridized carbons (Fsp3) is 0.250. The fourth-order valence-corrected chi connectivity index (χ4v) is 6.48. The zero-order valence-electron chi connectivity index (χ0n) is 14.9. The van der Waals surface area contributed by atoms with Crippen molar-refractivity contribution < 1.29 is 0 Å². The zero-order valence-corrected chi connectivity index (χ0v) is 16.6. The number of rotatable bonds is 6. The van der Waals surface area contributed by atoms with Crippen molar-refractivity contribution in [3.8, 4) is 0 Å². The molecule has 0 spiro atoms. The number of aryl methyl sites for hydroxylation is 1. The summed E-state index contributed by atoms with van der Waals surface area (Å²) < 4.78 is 0.264. The van der Waals surface area contributed by atoms with E-state index in [2.05, 4.69) is 108 Å². The number of benzene rings is 3. The van der Waals surface area contributed by atoms with Crippen molar-refractivity contribution in [3.63, 3.8) is 0 Å². The minimum absolute atomic E-state index is 0.264. The van der Waals surface area contributed by atoms with Gasteiger partial charge >= 0.3 is 0 Å². The van der Waals surface area contributed by atoms with Gasteiger partial charge in [-0.15, -0.1) is 23.5 Å². The molecule has 0 saturated heterocycles. The van der Waals surface area contributed by atoms with Gasteiger partial charge in [-0.2, -0.15) is 0 Å². The first-order valence-corrected chi connectivity index (χ1v) is 11.2. The van der Waals surface area contributed by atoms with Crippen LogP contribution in [0.3, 0.4) is 0 Å². The summed E-state index contributed by atoms with van der Waals surface area (Å²) in [7, 11) is 0. The molecule has 2 heteroatoms. The molecule has 1 aliphatic carbocycles. The minimum atomic E-state index is 0.264. The topological polar surface area (TPSA) is 0 Å². The Hall–Kier alpha value is -1.64. The summed E-state index contributed by atoms with van der Waals surface area (Å²) in [6, 6.07) is 30.8. The van der Waals surface area contributed by atoms with Crippen LogP contribution in [0.25, 0.3) is 0 Å². The maximum atomic E-state index is 2.33. The molecule has 0 nitrogen and oxygen atoms in total. The van der Waals surface area contributed by atoms with Crippen LogP contribution in [0.5, 0.6) is 0 Å². The molecule has 0 amide bonds. The van der Waals surface area contributed by atoms with Crippen LogP contribution in [0.4, 0.5) is 0 Å². The molecule has 0 unspecified atom stereocenters. The van der Waals surface area contributed by atoms with Gasteiger partial charge in [-0.25, -0.2) is 0 Å². The molecule has 0 N–H and O–H groups in total. The molecule has 0 radical (unpaired) electrons. The SMILES string of the molecule is c1ccc(CSC2(SCc3ccccc3)CCc3ccccc3C2)cc1. The summed E-state index contributed by atoms with van der Waals surface area (Å²) in [5.41, 5.74) is 5.94. The van der Waals surface area contributed by atoms with Crippen molar-refractivity contribution in [2.24, 2.45) is 0 Å². The quantitative estimate of drug-likeness (QED) is 0.437. The lowest BCUT2D eigenvalue weighted by molar-refractivity contribution is 0.660. The molecule has 0 aromatic heterocycles. The highest BCUT2D eigenvalue weighted by Gasteiger charge is 2.35. The van der Waals surface area contributed by atoms with Crippen LogP contribution in [0.1, 0.15) is 28.7 Å². The maximum absolute atomic E-state index is 2.33. The van der Waals surface area contributed by atoms with Gasteiger partial charge < -0.3 is 0 Å². The standard InChI is InChI=1S/C24H24S2/c1-3-9-20(10-4-1)18-25-24(26-19-21-11-5-2-6-12-21)16-15-22-13-7-8-14-23(22)17-24/h1-14H,15-19H2. The third-order valence-corrected chi connectivity index (χ3v) is 8.45. The molecule has 0 saturated carbocycles. The van der Waals surface area contributed by atoms with Gasteiger partial charge in [0, 0.05) is 11.5 Å². The van der Waals surface area contributed by atoms with E-state index in [1.54, 1.807) is 11.1 Å². The van der Waals surface area contributed by atoms with E-state index in [-0.39, 0.29) is 4.08 Å². The monoisotopic (exact) mass is 376 g/mol. The first-order valence-electron chi connectivity index (χ1n) is 9.26. The van der Waals surface area contributed by atoms with Crippen molar-refractivity contribution in [1.82, 2.24) is 0 Å². The van der Waals surface area contributed by atoms with Crippen molar-refractivity contribution in [2.75, 3.05) is 0 Å². The van der Waals surface area contributed by atoms with Gasteiger partial charge in [-0.3, -0.25) is 0 Å². The van der Waals surface area contributed by atoms with Gasteiger partial charge in [0.05, 0.1) is 4.08 Å².